The van der Waals surface area contributed by atoms with Gasteiger partial charge in [-0.2, -0.15) is 0 Å². The van der Waals surface area contributed by atoms with Gasteiger partial charge in [0.15, 0.2) is 0 Å². The van der Waals surface area contributed by atoms with Gasteiger partial charge >= 0.3 is 0 Å². The number of halogens is 2. The summed E-state index contributed by atoms with van der Waals surface area (Å²) in [6, 6.07) is 9.69. The van der Waals surface area contributed by atoms with Gasteiger partial charge in [-0.3, -0.25) is 24.6 Å². The number of carbonyl (C=O) groups excluding carboxylic acids is 3. The zero-order chi connectivity index (χ0) is 22.1. The number of nitrogens with one attached hydrogen (secondary N) is 2. The third-order valence-corrected chi connectivity index (χ3v) is 6.81. The van der Waals surface area contributed by atoms with Gasteiger partial charge in [0.2, 0.25) is 17.7 Å². The maximum absolute atomic E-state index is 13.5. The van der Waals surface area contributed by atoms with Crippen molar-refractivity contribution in [2.75, 3.05) is 5.32 Å². The van der Waals surface area contributed by atoms with Crippen LogP contribution in [0.5, 0.6) is 0 Å². The number of anilines is 1. The first-order chi connectivity index (χ1) is 14.8. The van der Waals surface area contributed by atoms with Crippen LogP contribution in [-0.4, -0.2) is 39.9 Å². The van der Waals surface area contributed by atoms with Crippen LogP contribution >= 0.6 is 11.6 Å². The van der Waals surface area contributed by atoms with Crippen molar-refractivity contribution in [2.45, 2.75) is 31.2 Å². The van der Waals surface area contributed by atoms with E-state index in [-0.39, 0.29) is 6.54 Å². The third-order valence-electron chi connectivity index (χ3n) is 6.50. The van der Waals surface area contributed by atoms with Crippen LogP contribution in [0, 0.1) is 17.7 Å². The Bertz CT molecular complexity index is 1120. The van der Waals surface area contributed by atoms with E-state index in [0.717, 1.165) is 4.90 Å². The standard InChI is InChI=1S/C22H19ClFN3O4/c1-10(28)17-15-16(20(30)27(19(15)29)9-11-5-7-12(24)8-6-11)22(26-17)13-3-2-4-14(23)18(13)25-21(22)31/h2-8,10,15-17,26,28H,9H2,1H3,(H,25,31)/t10?,15-,16-,17?,22?/m0/s1. The topological polar surface area (TPSA) is 98.7 Å². The van der Waals surface area contributed by atoms with Gasteiger partial charge in [0.25, 0.3) is 0 Å². The van der Waals surface area contributed by atoms with E-state index in [1.54, 1.807) is 18.2 Å². The number of nitrogens with zero attached hydrogens (tertiary/aromatic N) is 1. The number of carbonyl (C=O) groups is 3. The lowest BCUT2D eigenvalue weighted by atomic mass is 9.76. The van der Waals surface area contributed by atoms with Crippen molar-refractivity contribution in [3.8, 4) is 0 Å². The van der Waals surface area contributed by atoms with Gasteiger partial charge in [-0.15, -0.1) is 0 Å². The Balaban J connectivity index is 1.61. The molecule has 3 aliphatic rings. The van der Waals surface area contributed by atoms with E-state index in [1.807, 2.05) is 0 Å². The average molecular weight is 444 g/mol. The number of aliphatic hydroxyl groups is 1. The van der Waals surface area contributed by atoms with Crippen molar-refractivity contribution in [3.05, 3.63) is 64.4 Å². The number of benzene rings is 2. The molecule has 2 fully saturated rings. The largest absolute Gasteiger partial charge is 0.392 e. The summed E-state index contributed by atoms with van der Waals surface area (Å²) in [7, 11) is 0. The maximum atomic E-state index is 13.5. The van der Waals surface area contributed by atoms with E-state index in [9.17, 15) is 23.9 Å². The molecule has 31 heavy (non-hydrogen) atoms. The molecule has 3 aliphatic heterocycles. The fourth-order valence-corrected chi connectivity index (χ4v) is 5.35. The summed E-state index contributed by atoms with van der Waals surface area (Å²) in [4.78, 5) is 41.2. The minimum atomic E-state index is -1.52. The molecule has 0 aliphatic carbocycles. The Morgan fingerprint density at radius 1 is 1.16 bits per heavy atom. The lowest BCUT2D eigenvalue weighted by molar-refractivity contribution is -0.143. The van der Waals surface area contributed by atoms with Gasteiger partial charge in [-0.25, -0.2) is 4.39 Å². The molecular formula is C22H19ClFN3O4. The van der Waals surface area contributed by atoms with Crippen LogP contribution in [0.1, 0.15) is 18.1 Å². The Hall–Kier alpha value is -2.81. The van der Waals surface area contributed by atoms with Crippen molar-refractivity contribution in [2.24, 2.45) is 11.8 Å². The van der Waals surface area contributed by atoms with Crippen LogP contribution in [0.15, 0.2) is 42.5 Å². The molecule has 5 rings (SSSR count). The molecule has 2 saturated heterocycles. The van der Waals surface area contributed by atoms with E-state index >= 15 is 0 Å². The minimum Gasteiger partial charge on any atom is -0.392 e. The number of likely N-dealkylation sites (tertiary alicyclic amines) is 1. The number of amides is 3. The smallest absolute Gasteiger partial charge is 0.250 e. The number of fused-ring (bicyclic) bond motifs is 4. The van der Waals surface area contributed by atoms with Crippen LogP contribution < -0.4 is 10.6 Å². The summed E-state index contributed by atoms with van der Waals surface area (Å²) in [6.45, 7) is 1.47. The first-order valence-corrected chi connectivity index (χ1v) is 10.3. The quantitative estimate of drug-likeness (QED) is 0.628. The maximum Gasteiger partial charge on any atom is 0.250 e. The number of aliphatic hydroxyl groups excluding tert-OH is 1. The summed E-state index contributed by atoms with van der Waals surface area (Å²) in [5, 5.41) is 16.6. The van der Waals surface area contributed by atoms with Crippen molar-refractivity contribution in [1.82, 2.24) is 10.2 Å². The van der Waals surface area contributed by atoms with Crippen molar-refractivity contribution in [1.29, 1.82) is 0 Å². The normalized spacial score (nSPS) is 30.0. The summed E-state index contributed by atoms with van der Waals surface area (Å²) in [5.41, 5.74) is -0.0635. The SMILES string of the molecule is CC(O)C1NC2(C(=O)Nc3c(Cl)cccc32)[C@@H]2C(=O)N(Cc3ccc(F)cc3)C(=O)[C@H]12. The molecule has 0 radical (unpaired) electrons. The highest BCUT2D eigenvalue weighted by Gasteiger charge is 2.71. The highest BCUT2D eigenvalue weighted by Crippen LogP contribution is 2.54. The van der Waals surface area contributed by atoms with Gasteiger partial charge in [-0.05, 0) is 30.7 Å². The molecule has 2 aromatic carbocycles. The number of hydrogen-bond acceptors (Lipinski definition) is 5. The number of imide groups is 1. The molecule has 0 saturated carbocycles. The fraction of sp³-hybridized carbons (Fsp3) is 0.318. The minimum absolute atomic E-state index is 0.0441. The monoisotopic (exact) mass is 443 g/mol. The predicted molar refractivity (Wildman–Crippen MR) is 109 cm³/mol. The number of hydrogen-bond donors (Lipinski definition) is 3. The first-order valence-electron chi connectivity index (χ1n) is 9.91. The van der Waals surface area contributed by atoms with E-state index in [1.165, 1.54) is 31.2 Å². The molecule has 0 aromatic heterocycles. The lowest BCUT2D eigenvalue weighted by Crippen LogP contribution is -2.54. The van der Waals surface area contributed by atoms with Crippen LogP contribution in [0.25, 0.3) is 0 Å². The zero-order valence-corrected chi connectivity index (χ0v) is 17.2. The van der Waals surface area contributed by atoms with E-state index in [2.05, 4.69) is 10.6 Å². The number of para-hydroxylation sites is 1. The van der Waals surface area contributed by atoms with E-state index < -0.39 is 53.1 Å². The second kappa shape index (κ2) is 6.85. The van der Waals surface area contributed by atoms with Gasteiger partial charge in [0.1, 0.15) is 11.4 Å². The molecule has 1 spiro atoms. The van der Waals surface area contributed by atoms with Gasteiger partial charge in [0, 0.05) is 11.6 Å². The number of rotatable bonds is 3. The van der Waals surface area contributed by atoms with Crippen LogP contribution in [0.2, 0.25) is 5.02 Å². The van der Waals surface area contributed by atoms with Gasteiger partial charge < -0.3 is 10.4 Å². The van der Waals surface area contributed by atoms with Gasteiger partial charge in [-0.1, -0.05) is 35.9 Å². The molecule has 5 atom stereocenters. The highest BCUT2D eigenvalue weighted by atomic mass is 35.5. The summed E-state index contributed by atoms with van der Waals surface area (Å²) < 4.78 is 13.3. The van der Waals surface area contributed by atoms with Crippen molar-refractivity contribution < 1.29 is 23.9 Å². The van der Waals surface area contributed by atoms with Crippen LogP contribution in [0.4, 0.5) is 10.1 Å². The fourth-order valence-electron chi connectivity index (χ4n) is 5.13. The lowest BCUT2D eigenvalue weighted by Gasteiger charge is -2.30. The molecular weight excluding hydrogens is 425 g/mol. The van der Waals surface area contributed by atoms with Crippen LogP contribution in [0.3, 0.4) is 0 Å². The predicted octanol–water partition coefficient (Wildman–Crippen LogP) is 1.78. The molecule has 2 aromatic rings. The Morgan fingerprint density at radius 2 is 1.87 bits per heavy atom. The third kappa shape index (κ3) is 2.68. The first kappa shape index (κ1) is 20.1. The molecule has 3 unspecified atom stereocenters. The summed E-state index contributed by atoms with van der Waals surface area (Å²) >= 11 is 6.27. The Labute approximate surface area is 182 Å². The molecule has 160 valence electrons. The second-order valence-electron chi connectivity index (χ2n) is 8.23. The molecule has 3 heterocycles. The molecule has 3 amide bonds. The Morgan fingerprint density at radius 3 is 2.55 bits per heavy atom. The zero-order valence-electron chi connectivity index (χ0n) is 16.4. The van der Waals surface area contributed by atoms with Crippen molar-refractivity contribution in [3.63, 3.8) is 0 Å². The molecule has 3 N–H and O–H groups in total. The van der Waals surface area contributed by atoms with Crippen LogP contribution in [-0.2, 0) is 26.5 Å². The highest BCUT2D eigenvalue weighted by molar-refractivity contribution is 6.35. The Kier molecular flexibility index (Phi) is 4.44. The average Bonchev–Trinajstić information content (AvgIpc) is 3.32. The summed E-state index contributed by atoms with van der Waals surface area (Å²) in [5.74, 6) is -3.87. The molecule has 9 heteroatoms. The van der Waals surface area contributed by atoms with Gasteiger partial charge in [0.05, 0.1) is 35.2 Å². The van der Waals surface area contributed by atoms with Crippen molar-refractivity contribution >= 4 is 35.0 Å². The van der Waals surface area contributed by atoms with E-state index in [0.29, 0.717) is 21.8 Å². The van der Waals surface area contributed by atoms with E-state index in [4.69, 9.17) is 11.6 Å². The molecule has 7 nitrogen and oxygen atoms in total. The summed E-state index contributed by atoms with van der Waals surface area (Å²) in [6.07, 6.45) is -0.995. The molecule has 0 bridgehead atoms. The second-order valence-corrected chi connectivity index (χ2v) is 8.63.